The van der Waals surface area contributed by atoms with E-state index in [2.05, 4.69) is 40.5 Å². The van der Waals surface area contributed by atoms with E-state index in [1.807, 2.05) is 26.8 Å². The van der Waals surface area contributed by atoms with Crippen molar-refractivity contribution in [2.24, 2.45) is 5.92 Å². The van der Waals surface area contributed by atoms with E-state index in [0.717, 1.165) is 56.7 Å². The average molecular weight is 470 g/mol. The van der Waals surface area contributed by atoms with Gasteiger partial charge >= 0.3 is 0 Å². The van der Waals surface area contributed by atoms with Crippen molar-refractivity contribution in [2.75, 3.05) is 19.7 Å². The minimum Gasteiger partial charge on any atom is -0.492 e. The van der Waals surface area contributed by atoms with Crippen molar-refractivity contribution in [3.8, 4) is 5.75 Å². The molecular weight excluding hydrogens is 434 g/mol. The molecule has 0 saturated carbocycles. The van der Waals surface area contributed by atoms with Crippen molar-refractivity contribution in [1.29, 1.82) is 0 Å². The lowest BCUT2D eigenvalue weighted by Crippen LogP contribution is -2.41. The first kappa shape index (κ1) is 22.8. The summed E-state index contributed by atoms with van der Waals surface area (Å²) in [5, 5.41) is 3.38. The molecule has 2 aromatic rings. The first-order valence-corrected chi connectivity index (χ1v) is 13.5. The van der Waals surface area contributed by atoms with Gasteiger partial charge in [-0.2, -0.15) is 4.31 Å². The average Bonchev–Trinajstić information content (AvgIpc) is 3.31. The predicted octanol–water partition coefficient (Wildman–Crippen LogP) is 3.88. The van der Waals surface area contributed by atoms with Crippen LogP contribution in [0.25, 0.3) is 0 Å². The molecule has 1 N–H and O–H groups in total. The van der Waals surface area contributed by atoms with E-state index < -0.39 is 15.6 Å². The topological polar surface area (TPSA) is 61.9 Å². The number of benzene rings is 2. The van der Waals surface area contributed by atoms with Crippen LogP contribution in [0, 0.1) is 5.92 Å². The maximum Gasteiger partial charge on any atom is 0.247 e. The number of nitrogens with zero attached hydrogens (tertiary/aromatic N) is 2. The molecule has 7 heteroatoms. The molecule has 0 atom stereocenters. The first-order chi connectivity index (χ1) is 15.7. The molecule has 3 heterocycles. The van der Waals surface area contributed by atoms with Crippen molar-refractivity contribution in [3.05, 3.63) is 58.7 Å². The zero-order valence-corrected chi connectivity index (χ0v) is 20.7. The molecule has 0 unspecified atom stereocenters. The van der Waals surface area contributed by atoms with Crippen LogP contribution in [0.3, 0.4) is 0 Å². The van der Waals surface area contributed by atoms with Gasteiger partial charge in [0, 0.05) is 31.7 Å². The van der Waals surface area contributed by atoms with E-state index in [-0.39, 0.29) is 0 Å². The Labute approximate surface area is 198 Å². The molecule has 5 rings (SSSR count). The van der Waals surface area contributed by atoms with Crippen molar-refractivity contribution < 1.29 is 13.2 Å². The maximum atomic E-state index is 13.7. The summed E-state index contributed by atoms with van der Waals surface area (Å²) in [5.41, 5.74) is 4.22. The third kappa shape index (κ3) is 4.44. The van der Waals surface area contributed by atoms with Crippen LogP contribution in [0.4, 0.5) is 0 Å². The van der Waals surface area contributed by atoms with Gasteiger partial charge in [0.2, 0.25) is 10.0 Å². The molecule has 1 saturated heterocycles. The third-order valence-corrected chi connectivity index (χ3v) is 9.37. The molecular formula is C26H35N3O3S. The first-order valence-electron chi connectivity index (χ1n) is 12.0. The largest absolute Gasteiger partial charge is 0.492 e. The van der Waals surface area contributed by atoms with Gasteiger partial charge in [-0.1, -0.05) is 30.3 Å². The summed E-state index contributed by atoms with van der Waals surface area (Å²) in [6, 6.07) is 12.5. The van der Waals surface area contributed by atoms with Crippen LogP contribution in [0.5, 0.6) is 5.75 Å². The number of rotatable bonds is 5. The van der Waals surface area contributed by atoms with Crippen LogP contribution in [0.15, 0.2) is 41.3 Å². The van der Waals surface area contributed by atoms with Gasteiger partial charge in [-0.25, -0.2) is 8.42 Å². The van der Waals surface area contributed by atoms with Crippen LogP contribution >= 0.6 is 0 Å². The smallest absolute Gasteiger partial charge is 0.247 e. The normalized spacial score (nSPS) is 21.2. The maximum absolute atomic E-state index is 13.7. The molecule has 2 aromatic carbocycles. The summed E-state index contributed by atoms with van der Waals surface area (Å²) in [4.78, 5) is 2.78. The summed E-state index contributed by atoms with van der Waals surface area (Å²) >= 11 is 0. The summed E-state index contributed by atoms with van der Waals surface area (Å²) < 4.78 is 35.2. The van der Waals surface area contributed by atoms with Crippen LogP contribution in [0.2, 0.25) is 0 Å². The van der Waals surface area contributed by atoms with E-state index in [1.165, 1.54) is 11.1 Å². The fourth-order valence-corrected chi connectivity index (χ4v) is 7.44. The molecule has 6 nitrogen and oxygen atoms in total. The Kier molecular flexibility index (Phi) is 6.02. The molecule has 0 bridgehead atoms. The zero-order chi connectivity index (χ0) is 23.2. The molecule has 1 fully saturated rings. The minimum absolute atomic E-state index is 0.389. The van der Waals surface area contributed by atoms with Crippen molar-refractivity contribution >= 4 is 10.0 Å². The summed E-state index contributed by atoms with van der Waals surface area (Å²) in [6.45, 7) is 11.4. The second kappa shape index (κ2) is 8.69. The van der Waals surface area contributed by atoms with Gasteiger partial charge in [-0.3, -0.25) is 4.90 Å². The van der Waals surface area contributed by atoms with E-state index in [4.69, 9.17) is 4.74 Å². The van der Waals surface area contributed by atoms with Crippen LogP contribution < -0.4 is 10.1 Å². The Morgan fingerprint density at radius 2 is 1.67 bits per heavy atom. The van der Waals surface area contributed by atoms with Gasteiger partial charge < -0.3 is 10.1 Å². The molecule has 178 valence electrons. The Morgan fingerprint density at radius 3 is 2.30 bits per heavy atom. The van der Waals surface area contributed by atoms with Gasteiger partial charge in [0.25, 0.3) is 0 Å². The number of hydrogen-bond donors (Lipinski definition) is 1. The lowest BCUT2D eigenvalue weighted by Gasteiger charge is -2.30. The number of hydrogen-bond acceptors (Lipinski definition) is 5. The highest BCUT2D eigenvalue weighted by molar-refractivity contribution is 7.89. The van der Waals surface area contributed by atoms with Crippen molar-refractivity contribution in [2.45, 2.75) is 70.2 Å². The van der Waals surface area contributed by atoms with Gasteiger partial charge in [-0.15, -0.1) is 0 Å². The molecule has 0 radical (unpaired) electrons. The molecule has 0 aliphatic carbocycles. The zero-order valence-electron chi connectivity index (χ0n) is 19.9. The highest BCUT2D eigenvalue weighted by Gasteiger charge is 2.44. The van der Waals surface area contributed by atoms with Crippen molar-refractivity contribution in [3.63, 3.8) is 0 Å². The standard InChI is InChI=1S/C26H35N3O3S/c1-26(2,3)29-17-23-22(16-28-14-20-6-4-5-7-21(20)15-28)8-9-24(25(23)33(29,30)31)32-18-19-10-12-27-13-11-19/h4-9,19,27H,10-18H2,1-3H3. The molecule has 3 aliphatic heterocycles. The van der Waals surface area contributed by atoms with E-state index in [0.29, 0.717) is 29.7 Å². The second-order valence-electron chi connectivity index (χ2n) is 10.6. The van der Waals surface area contributed by atoms with Crippen LogP contribution in [0.1, 0.15) is 55.9 Å². The number of fused-ring (bicyclic) bond motifs is 2. The van der Waals surface area contributed by atoms with E-state index in [9.17, 15) is 8.42 Å². The third-order valence-electron chi connectivity index (χ3n) is 7.15. The summed E-state index contributed by atoms with van der Waals surface area (Å²) in [7, 11) is -3.62. The summed E-state index contributed by atoms with van der Waals surface area (Å²) in [5.74, 6) is 0.983. The number of nitrogens with one attached hydrogen (secondary N) is 1. The van der Waals surface area contributed by atoms with Crippen molar-refractivity contribution in [1.82, 2.24) is 14.5 Å². The Bertz CT molecular complexity index is 1110. The molecule has 0 aromatic heterocycles. The fourth-order valence-electron chi connectivity index (χ4n) is 5.31. The van der Waals surface area contributed by atoms with Gasteiger partial charge in [0.1, 0.15) is 10.6 Å². The number of ether oxygens (including phenoxy) is 1. The highest BCUT2D eigenvalue weighted by Crippen LogP contribution is 2.43. The molecule has 0 amide bonds. The quantitative estimate of drug-likeness (QED) is 0.720. The molecule has 3 aliphatic rings. The fraction of sp³-hybridized carbons (Fsp3) is 0.538. The Balaban J connectivity index is 1.45. The predicted molar refractivity (Wildman–Crippen MR) is 129 cm³/mol. The summed E-state index contributed by atoms with van der Waals surface area (Å²) in [6.07, 6.45) is 2.13. The second-order valence-corrected chi connectivity index (χ2v) is 12.4. The van der Waals surface area contributed by atoms with Crippen LogP contribution in [-0.2, 0) is 36.2 Å². The molecule has 33 heavy (non-hydrogen) atoms. The van der Waals surface area contributed by atoms with Gasteiger partial charge in [0.15, 0.2) is 0 Å². The lowest BCUT2D eigenvalue weighted by atomic mass is 9.99. The number of sulfonamides is 1. The van der Waals surface area contributed by atoms with Gasteiger partial charge in [-0.05, 0) is 80.9 Å². The highest BCUT2D eigenvalue weighted by atomic mass is 32.2. The Hall–Kier alpha value is -1.93. The van der Waals surface area contributed by atoms with Crippen LogP contribution in [-0.4, -0.2) is 42.9 Å². The Morgan fingerprint density at radius 1 is 1.00 bits per heavy atom. The monoisotopic (exact) mass is 469 g/mol. The lowest BCUT2D eigenvalue weighted by molar-refractivity contribution is 0.210. The minimum atomic E-state index is -3.62. The van der Waals surface area contributed by atoms with E-state index in [1.54, 1.807) is 4.31 Å². The van der Waals surface area contributed by atoms with Gasteiger partial charge in [0.05, 0.1) is 6.61 Å². The molecule has 0 spiro atoms. The van der Waals surface area contributed by atoms with E-state index >= 15 is 0 Å². The SMILES string of the molecule is CC(C)(C)N1Cc2c(CN3Cc4ccccc4C3)ccc(OCC3CCNCC3)c2S1(=O)=O. The number of piperidine rings is 1.